The smallest absolute Gasteiger partial charge is 0.0453 e. The van der Waals surface area contributed by atoms with Crippen molar-refractivity contribution in [1.29, 1.82) is 0 Å². The van der Waals surface area contributed by atoms with Crippen molar-refractivity contribution in [3.05, 3.63) is 34.3 Å². The molecule has 94 valence electrons. The van der Waals surface area contributed by atoms with Crippen molar-refractivity contribution >= 4 is 11.6 Å². The third-order valence-electron chi connectivity index (χ3n) is 3.34. The highest BCUT2D eigenvalue weighted by atomic mass is 35.5. The van der Waals surface area contributed by atoms with Gasteiger partial charge in [0.05, 0.1) is 0 Å². The summed E-state index contributed by atoms with van der Waals surface area (Å²) < 4.78 is 0. The molecule has 1 fully saturated rings. The quantitative estimate of drug-likeness (QED) is 0.887. The van der Waals surface area contributed by atoms with Crippen molar-refractivity contribution in [2.24, 2.45) is 0 Å². The summed E-state index contributed by atoms with van der Waals surface area (Å²) in [6.45, 7) is 5.27. The Hall–Kier alpha value is -0.570. The minimum absolute atomic E-state index is 0.657. The van der Waals surface area contributed by atoms with E-state index < -0.39 is 0 Å². The van der Waals surface area contributed by atoms with E-state index in [9.17, 15) is 0 Å². The molecule has 1 aliphatic heterocycles. The molecule has 1 N–H and O–H groups in total. The van der Waals surface area contributed by atoms with Crippen molar-refractivity contribution < 1.29 is 0 Å². The van der Waals surface area contributed by atoms with E-state index in [1.165, 1.54) is 30.5 Å². The lowest BCUT2D eigenvalue weighted by molar-refractivity contribution is 0.293. The molecule has 2 rings (SSSR count). The maximum atomic E-state index is 6.25. The van der Waals surface area contributed by atoms with Crippen LogP contribution in [0.5, 0.6) is 0 Å². The van der Waals surface area contributed by atoms with Gasteiger partial charge in [0.25, 0.3) is 0 Å². The van der Waals surface area contributed by atoms with Crippen molar-refractivity contribution in [3.8, 4) is 0 Å². The van der Waals surface area contributed by atoms with Crippen LogP contribution in [0.3, 0.4) is 0 Å². The van der Waals surface area contributed by atoms with Gasteiger partial charge in [0.15, 0.2) is 0 Å². The maximum Gasteiger partial charge on any atom is 0.0453 e. The Balaban J connectivity index is 1.90. The van der Waals surface area contributed by atoms with Crippen LogP contribution in [-0.2, 0) is 6.54 Å². The molecule has 0 aliphatic carbocycles. The summed E-state index contributed by atoms with van der Waals surface area (Å²) in [4.78, 5) is 2.35. The fraction of sp³-hybridized carbons (Fsp3) is 0.571. The highest BCUT2D eigenvalue weighted by Gasteiger charge is 2.16. The van der Waals surface area contributed by atoms with Crippen LogP contribution >= 0.6 is 11.6 Å². The number of aryl methyl sites for hydroxylation is 1. The SMILES string of the molecule is Cc1ccc(CN(C)CC2CCCN2)c(Cl)c1. The second-order valence-electron chi connectivity index (χ2n) is 5.08. The fourth-order valence-electron chi connectivity index (χ4n) is 2.42. The third-order valence-corrected chi connectivity index (χ3v) is 3.70. The number of hydrogen-bond acceptors (Lipinski definition) is 2. The largest absolute Gasteiger partial charge is 0.313 e. The summed E-state index contributed by atoms with van der Waals surface area (Å²) in [5, 5.41) is 4.41. The molecule has 0 amide bonds. The molecule has 1 aromatic carbocycles. The minimum Gasteiger partial charge on any atom is -0.313 e. The summed E-state index contributed by atoms with van der Waals surface area (Å²) in [7, 11) is 2.16. The van der Waals surface area contributed by atoms with Gasteiger partial charge in [0, 0.05) is 24.2 Å². The highest BCUT2D eigenvalue weighted by molar-refractivity contribution is 6.31. The van der Waals surface area contributed by atoms with E-state index in [2.05, 4.69) is 36.3 Å². The average molecular weight is 253 g/mol. The molecular formula is C14H21ClN2. The average Bonchev–Trinajstić information content (AvgIpc) is 2.75. The van der Waals surface area contributed by atoms with Gasteiger partial charge >= 0.3 is 0 Å². The molecule has 0 radical (unpaired) electrons. The highest BCUT2D eigenvalue weighted by Crippen LogP contribution is 2.19. The number of rotatable bonds is 4. The van der Waals surface area contributed by atoms with Gasteiger partial charge in [-0.2, -0.15) is 0 Å². The molecule has 2 nitrogen and oxygen atoms in total. The predicted molar refractivity (Wildman–Crippen MR) is 73.5 cm³/mol. The first-order valence-corrected chi connectivity index (χ1v) is 6.70. The monoisotopic (exact) mass is 252 g/mol. The van der Waals surface area contributed by atoms with Crippen LogP contribution in [0.15, 0.2) is 18.2 Å². The van der Waals surface area contributed by atoms with Crippen molar-refractivity contribution in [3.63, 3.8) is 0 Å². The van der Waals surface area contributed by atoms with Crippen LogP contribution in [-0.4, -0.2) is 31.1 Å². The van der Waals surface area contributed by atoms with E-state index in [1.54, 1.807) is 0 Å². The van der Waals surface area contributed by atoms with Gasteiger partial charge in [0.1, 0.15) is 0 Å². The van der Waals surface area contributed by atoms with E-state index in [0.717, 1.165) is 18.1 Å². The Morgan fingerprint density at radius 1 is 1.47 bits per heavy atom. The summed E-state index contributed by atoms with van der Waals surface area (Å²) in [6.07, 6.45) is 2.61. The van der Waals surface area contributed by atoms with Crippen LogP contribution in [0.1, 0.15) is 24.0 Å². The zero-order valence-electron chi connectivity index (χ0n) is 10.7. The van der Waals surface area contributed by atoms with Crippen molar-refractivity contribution in [2.75, 3.05) is 20.1 Å². The van der Waals surface area contributed by atoms with Crippen molar-refractivity contribution in [1.82, 2.24) is 10.2 Å². The van der Waals surface area contributed by atoms with E-state index in [1.807, 2.05) is 6.07 Å². The van der Waals surface area contributed by atoms with Gasteiger partial charge in [-0.1, -0.05) is 23.7 Å². The fourth-order valence-corrected chi connectivity index (χ4v) is 2.72. The molecule has 1 aromatic rings. The molecular weight excluding hydrogens is 232 g/mol. The lowest BCUT2D eigenvalue weighted by atomic mass is 10.1. The second kappa shape index (κ2) is 5.85. The molecule has 1 heterocycles. The summed E-state index contributed by atoms with van der Waals surface area (Å²) in [6, 6.07) is 6.96. The van der Waals surface area contributed by atoms with Crippen LogP contribution in [0.2, 0.25) is 5.02 Å². The molecule has 0 spiro atoms. The topological polar surface area (TPSA) is 15.3 Å². The molecule has 1 unspecified atom stereocenters. The Kier molecular flexibility index (Phi) is 4.43. The Labute approximate surface area is 109 Å². The molecule has 17 heavy (non-hydrogen) atoms. The standard InChI is InChI=1S/C14H21ClN2/c1-11-5-6-12(14(15)8-11)9-17(2)10-13-4-3-7-16-13/h5-6,8,13,16H,3-4,7,9-10H2,1-2H3. The summed E-state index contributed by atoms with van der Waals surface area (Å²) >= 11 is 6.25. The van der Waals surface area contributed by atoms with Gasteiger partial charge in [-0.3, -0.25) is 0 Å². The number of hydrogen-bond donors (Lipinski definition) is 1. The lowest BCUT2D eigenvalue weighted by Crippen LogP contribution is -2.34. The van der Waals surface area contributed by atoms with E-state index in [-0.39, 0.29) is 0 Å². The van der Waals surface area contributed by atoms with Crippen LogP contribution in [0, 0.1) is 6.92 Å². The van der Waals surface area contributed by atoms with Crippen LogP contribution < -0.4 is 5.32 Å². The zero-order chi connectivity index (χ0) is 12.3. The van der Waals surface area contributed by atoms with Gasteiger partial charge in [0.2, 0.25) is 0 Å². The van der Waals surface area contributed by atoms with Gasteiger partial charge in [-0.05, 0) is 50.6 Å². The first-order chi connectivity index (χ1) is 8.15. The number of nitrogens with one attached hydrogen (secondary N) is 1. The van der Waals surface area contributed by atoms with Crippen molar-refractivity contribution in [2.45, 2.75) is 32.4 Å². The Morgan fingerprint density at radius 2 is 2.29 bits per heavy atom. The zero-order valence-corrected chi connectivity index (χ0v) is 11.4. The summed E-state index contributed by atoms with van der Waals surface area (Å²) in [5.74, 6) is 0. The maximum absolute atomic E-state index is 6.25. The first kappa shape index (κ1) is 12.9. The van der Waals surface area contributed by atoms with Gasteiger partial charge in [-0.25, -0.2) is 0 Å². The lowest BCUT2D eigenvalue weighted by Gasteiger charge is -2.21. The molecule has 1 aliphatic rings. The number of halogens is 1. The minimum atomic E-state index is 0.657. The van der Waals surface area contributed by atoms with Crippen LogP contribution in [0.25, 0.3) is 0 Å². The summed E-state index contributed by atoms with van der Waals surface area (Å²) in [5.41, 5.74) is 2.44. The molecule has 0 saturated carbocycles. The molecule has 3 heteroatoms. The van der Waals surface area contributed by atoms with Gasteiger partial charge in [-0.15, -0.1) is 0 Å². The first-order valence-electron chi connectivity index (χ1n) is 6.32. The van der Waals surface area contributed by atoms with Gasteiger partial charge < -0.3 is 10.2 Å². The van der Waals surface area contributed by atoms with E-state index in [4.69, 9.17) is 11.6 Å². The number of nitrogens with zero attached hydrogens (tertiary/aromatic N) is 1. The van der Waals surface area contributed by atoms with Crippen LogP contribution in [0.4, 0.5) is 0 Å². The Morgan fingerprint density at radius 3 is 2.94 bits per heavy atom. The number of benzene rings is 1. The Bertz CT molecular complexity index is 372. The second-order valence-corrected chi connectivity index (χ2v) is 5.49. The normalized spacial score (nSPS) is 20.1. The van der Waals surface area contributed by atoms with E-state index >= 15 is 0 Å². The molecule has 1 atom stereocenters. The van der Waals surface area contributed by atoms with E-state index in [0.29, 0.717) is 6.04 Å². The molecule has 0 aromatic heterocycles. The third kappa shape index (κ3) is 3.70. The molecule has 1 saturated heterocycles. The number of likely N-dealkylation sites (N-methyl/N-ethyl adjacent to an activating group) is 1. The molecule has 0 bridgehead atoms. The predicted octanol–water partition coefficient (Wildman–Crippen LogP) is 2.83.